The molecule has 2 aromatic rings. The number of anilines is 2. The molecule has 1 aromatic heterocycles. The van der Waals surface area contributed by atoms with Gasteiger partial charge < -0.3 is 20.3 Å². The van der Waals surface area contributed by atoms with Gasteiger partial charge in [-0.1, -0.05) is 12.8 Å². The molecule has 5 rings (SSSR count). The number of nitrogens with one attached hydrogen (secondary N) is 2. The van der Waals surface area contributed by atoms with Gasteiger partial charge in [0.2, 0.25) is 0 Å². The second-order valence-electron chi connectivity index (χ2n) is 10.3. The van der Waals surface area contributed by atoms with Crippen molar-refractivity contribution in [1.29, 1.82) is 0 Å². The van der Waals surface area contributed by atoms with Gasteiger partial charge >= 0.3 is 6.03 Å². The fourth-order valence-electron chi connectivity index (χ4n) is 5.38. The Bertz CT molecular complexity index is 1210. The minimum Gasteiger partial charge on any atom is -0.377 e. The maximum atomic E-state index is 13.1. The molecule has 36 heavy (non-hydrogen) atoms. The molecule has 1 aliphatic heterocycles. The predicted molar refractivity (Wildman–Crippen MR) is 140 cm³/mol. The van der Waals surface area contributed by atoms with Crippen LogP contribution in [0.1, 0.15) is 57.6 Å². The molecule has 1 atom stereocenters. The van der Waals surface area contributed by atoms with Gasteiger partial charge in [0.05, 0.1) is 24.9 Å². The Hall–Kier alpha value is -2.72. The largest absolute Gasteiger partial charge is 0.377 e. The molecule has 1 saturated heterocycles. The van der Waals surface area contributed by atoms with Crippen LogP contribution < -0.4 is 15.5 Å². The van der Waals surface area contributed by atoms with Crippen LogP contribution in [-0.2, 0) is 19.3 Å². The molecule has 2 N–H and O–H groups in total. The van der Waals surface area contributed by atoms with E-state index in [-0.39, 0.29) is 18.1 Å². The number of amides is 2. The predicted octanol–water partition coefficient (Wildman–Crippen LogP) is 3.86. The SMILES string of the molecule is C[C@H]1COCCN1c1cc(C2(S(C)(=O)=O)CCCC2)nc(-c2ccc(NC(=O)NC3CCC3)cc2)n1. The molecular formula is C26H35N5O4S. The number of sulfone groups is 1. The maximum absolute atomic E-state index is 13.1. The van der Waals surface area contributed by atoms with Crippen molar-refractivity contribution in [1.82, 2.24) is 15.3 Å². The first-order valence-corrected chi connectivity index (χ1v) is 14.8. The Balaban J connectivity index is 1.49. The Morgan fingerprint density at radius 3 is 2.44 bits per heavy atom. The number of hydrogen-bond donors (Lipinski definition) is 2. The van der Waals surface area contributed by atoms with Crippen LogP contribution in [0, 0.1) is 0 Å². The van der Waals surface area contributed by atoms with Gasteiger partial charge in [0, 0.05) is 36.2 Å². The van der Waals surface area contributed by atoms with Gasteiger partial charge in [-0.25, -0.2) is 23.2 Å². The number of hydrogen-bond acceptors (Lipinski definition) is 7. The molecule has 9 nitrogen and oxygen atoms in total. The molecule has 2 amide bonds. The minimum atomic E-state index is -3.39. The molecule has 10 heteroatoms. The number of carbonyl (C=O) groups excluding carboxylic acids is 1. The molecule has 3 aliphatic rings. The Morgan fingerprint density at radius 2 is 1.83 bits per heavy atom. The van der Waals surface area contributed by atoms with Gasteiger partial charge in [-0.3, -0.25) is 0 Å². The second kappa shape index (κ2) is 9.97. The number of rotatable bonds is 6. The number of ether oxygens (including phenoxy) is 1. The molecule has 0 unspecified atom stereocenters. The van der Waals surface area contributed by atoms with Crippen molar-refractivity contribution in [3.05, 3.63) is 36.0 Å². The summed E-state index contributed by atoms with van der Waals surface area (Å²) in [5.41, 5.74) is 2.02. The highest BCUT2D eigenvalue weighted by atomic mass is 32.2. The van der Waals surface area contributed by atoms with E-state index < -0.39 is 14.6 Å². The summed E-state index contributed by atoms with van der Waals surface area (Å²) in [7, 11) is -3.39. The number of carbonyl (C=O) groups is 1. The standard InChI is InChI=1S/C26H35N5O4S/c1-18-17-35-15-14-31(18)23-16-22(26(36(2,33)34)12-3-4-13-26)29-24(30-23)19-8-10-21(11-9-19)28-25(32)27-20-6-5-7-20/h8-11,16,18,20H,3-7,12-15,17H2,1-2H3,(H2,27,28,32)/t18-/m0/s1. The molecule has 3 fully saturated rings. The highest BCUT2D eigenvalue weighted by molar-refractivity contribution is 7.91. The van der Waals surface area contributed by atoms with E-state index in [1.54, 1.807) is 0 Å². The highest BCUT2D eigenvalue weighted by Crippen LogP contribution is 2.45. The number of nitrogens with zero attached hydrogens (tertiary/aromatic N) is 3. The van der Waals surface area contributed by atoms with Gasteiger partial charge in [0.25, 0.3) is 0 Å². The molecule has 0 spiro atoms. The first kappa shape index (κ1) is 25.0. The van der Waals surface area contributed by atoms with Crippen molar-refractivity contribution in [3.8, 4) is 11.4 Å². The van der Waals surface area contributed by atoms with Crippen LogP contribution in [-0.4, -0.2) is 62.5 Å². The average molecular weight is 514 g/mol. The van der Waals surface area contributed by atoms with E-state index in [9.17, 15) is 13.2 Å². The summed E-state index contributed by atoms with van der Waals surface area (Å²) in [6.45, 7) is 3.95. The summed E-state index contributed by atoms with van der Waals surface area (Å²) in [5, 5.41) is 5.85. The summed E-state index contributed by atoms with van der Waals surface area (Å²) >= 11 is 0. The Morgan fingerprint density at radius 1 is 1.11 bits per heavy atom. The summed E-state index contributed by atoms with van der Waals surface area (Å²) in [6, 6.07) is 9.43. The van der Waals surface area contributed by atoms with Gasteiger partial charge in [0.15, 0.2) is 15.7 Å². The van der Waals surface area contributed by atoms with E-state index in [4.69, 9.17) is 14.7 Å². The maximum Gasteiger partial charge on any atom is 0.319 e. The van der Waals surface area contributed by atoms with Crippen LogP contribution in [0.15, 0.2) is 30.3 Å². The Kier molecular flexibility index (Phi) is 6.91. The molecule has 2 saturated carbocycles. The number of morpholine rings is 1. The lowest BCUT2D eigenvalue weighted by Gasteiger charge is -2.35. The fraction of sp³-hybridized carbons (Fsp3) is 0.577. The third-order valence-electron chi connectivity index (χ3n) is 7.80. The first-order valence-electron chi connectivity index (χ1n) is 12.9. The molecule has 0 bridgehead atoms. The summed E-state index contributed by atoms with van der Waals surface area (Å²) in [5.74, 6) is 1.21. The van der Waals surface area contributed by atoms with E-state index >= 15 is 0 Å². The van der Waals surface area contributed by atoms with Crippen LogP contribution in [0.2, 0.25) is 0 Å². The normalized spacial score (nSPS) is 22.2. The van der Waals surface area contributed by atoms with Crippen molar-refractivity contribution in [3.63, 3.8) is 0 Å². The van der Waals surface area contributed by atoms with Crippen molar-refractivity contribution in [2.24, 2.45) is 0 Å². The van der Waals surface area contributed by atoms with E-state index in [0.29, 0.717) is 49.8 Å². The van der Waals surface area contributed by atoms with Gasteiger partial charge in [-0.2, -0.15) is 0 Å². The monoisotopic (exact) mass is 513 g/mol. The zero-order chi connectivity index (χ0) is 25.3. The molecule has 1 aromatic carbocycles. The van der Waals surface area contributed by atoms with Crippen molar-refractivity contribution in [2.75, 3.05) is 36.2 Å². The minimum absolute atomic E-state index is 0.118. The van der Waals surface area contributed by atoms with Gasteiger partial charge in [-0.05, 0) is 63.3 Å². The van der Waals surface area contributed by atoms with Crippen LogP contribution in [0.3, 0.4) is 0 Å². The zero-order valence-corrected chi connectivity index (χ0v) is 21.8. The molecule has 2 heterocycles. The van der Waals surface area contributed by atoms with Crippen molar-refractivity contribution >= 4 is 27.4 Å². The third-order valence-corrected chi connectivity index (χ3v) is 9.84. The summed E-state index contributed by atoms with van der Waals surface area (Å²) in [4.78, 5) is 24.1. The third kappa shape index (κ3) is 4.93. The molecular weight excluding hydrogens is 478 g/mol. The first-order chi connectivity index (χ1) is 17.2. The lowest BCUT2D eigenvalue weighted by Crippen LogP contribution is -2.44. The van der Waals surface area contributed by atoms with E-state index in [0.717, 1.165) is 43.5 Å². The highest BCUT2D eigenvalue weighted by Gasteiger charge is 2.47. The molecule has 2 aliphatic carbocycles. The van der Waals surface area contributed by atoms with Crippen LogP contribution in [0.4, 0.5) is 16.3 Å². The van der Waals surface area contributed by atoms with Gasteiger partial charge in [-0.15, -0.1) is 0 Å². The fourth-order valence-corrected chi connectivity index (χ4v) is 6.90. The van der Waals surface area contributed by atoms with Crippen molar-refractivity contribution in [2.45, 2.75) is 68.7 Å². The van der Waals surface area contributed by atoms with E-state index in [2.05, 4.69) is 22.5 Å². The molecule has 0 radical (unpaired) electrons. The summed E-state index contributed by atoms with van der Waals surface area (Å²) in [6.07, 6.45) is 7.39. The zero-order valence-electron chi connectivity index (χ0n) is 21.0. The van der Waals surface area contributed by atoms with E-state index in [1.165, 1.54) is 6.26 Å². The Labute approximate surface area is 213 Å². The molecule has 194 valence electrons. The van der Waals surface area contributed by atoms with Crippen LogP contribution in [0.5, 0.6) is 0 Å². The lowest BCUT2D eigenvalue weighted by molar-refractivity contribution is 0.0985. The number of benzene rings is 1. The van der Waals surface area contributed by atoms with Crippen LogP contribution in [0.25, 0.3) is 11.4 Å². The second-order valence-corrected chi connectivity index (χ2v) is 12.7. The van der Waals surface area contributed by atoms with Gasteiger partial charge in [0.1, 0.15) is 10.6 Å². The number of urea groups is 1. The van der Waals surface area contributed by atoms with E-state index in [1.807, 2.05) is 30.3 Å². The topological polar surface area (TPSA) is 114 Å². The average Bonchev–Trinajstić information content (AvgIpc) is 3.34. The number of aromatic nitrogens is 2. The van der Waals surface area contributed by atoms with Crippen LogP contribution >= 0.6 is 0 Å². The summed E-state index contributed by atoms with van der Waals surface area (Å²) < 4.78 is 30.8. The lowest BCUT2D eigenvalue weighted by atomic mass is 9.93. The smallest absolute Gasteiger partial charge is 0.319 e. The van der Waals surface area contributed by atoms with Crippen molar-refractivity contribution < 1.29 is 17.9 Å². The quantitative estimate of drug-likeness (QED) is 0.603.